The van der Waals surface area contributed by atoms with Crippen LogP contribution in [0.25, 0.3) is 0 Å². The van der Waals surface area contributed by atoms with Gasteiger partial charge in [-0.05, 0) is 19.3 Å². The van der Waals surface area contributed by atoms with Gasteiger partial charge in [-0.15, -0.1) is 0 Å². The van der Waals surface area contributed by atoms with Crippen LogP contribution in [0.4, 0.5) is 10.7 Å². The van der Waals surface area contributed by atoms with E-state index >= 15 is 0 Å². The Kier molecular flexibility index (Phi) is 6.36. The molecule has 1 aliphatic heterocycles. The van der Waals surface area contributed by atoms with Crippen molar-refractivity contribution in [2.75, 3.05) is 46.2 Å². The summed E-state index contributed by atoms with van der Waals surface area (Å²) in [5.41, 5.74) is 1.26. The summed E-state index contributed by atoms with van der Waals surface area (Å²) in [4.78, 5) is 39.5. The van der Waals surface area contributed by atoms with Crippen LogP contribution in [0.15, 0.2) is 6.20 Å². The van der Waals surface area contributed by atoms with Gasteiger partial charge in [0.15, 0.2) is 0 Å². The first-order valence-electron chi connectivity index (χ1n) is 10.2. The van der Waals surface area contributed by atoms with Crippen molar-refractivity contribution in [2.45, 2.75) is 50.5 Å². The number of amides is 3. The van der Waals surface area contributed by atoms with Crippen LogP contribution in [-0.4, -0.2) is 79.0 Å². The van der Waals surface area contributed by atoms with E-state index in [2.05, 4.69) is 15.3 Å². The summed E-state index contributed by atoms with van der Waals surface area (Å²) < 4.78 is 0. The van der Waals surface area contributed by atoms with Gasteiger partial charge in [0.2, 0.25) is 5.95 Å². The topological polar surface area (TPSA) is 81.7 Å². The summed E-state index contributed by atoms with van der Waals surface area (Å²) in [5, 5.41) is 3.19. The van der Waals surface area contributed by atoms with E-state index < -0.39 is 0 Å². The van der Waals surface area contributed by atoms with Crippen LogP contribution in [-0.2, 0) is 0 Å². The maximum atomic E-state index is 12.7. The number of nitrogens with zero attached hydrogens (tertiary/aromatic N) is 5. The molecule has 1 saturated heterocycles. The van der Waals surface area contributed by atoms with E-state index in [-0.39, 0.29) is 17.9 Å². The predicted octanol–water partition coefficient (Wildman–Crippen LogP) is 2.08. The summed E-state index contributed by atoms with van der Waals surface area (Å²) in [6.45, 7) is 1.26. The molecule has 0 aromatic carbocycles. The molecule has 3 rings (SSSR count). The lowest BCUT2D eigenvalue weighted by Crippen LogP contribution is -2.44. The van der Waals surface area contributed by atoms with Crippen LogP contribution in [0, 0.1) is 0 Å². The van der Waals surface area contributed by atoms with Crippen molar-refractivity contribution in [1.82, 2.24) is 25.1 Å². The number of rotatable bonds is 4. The van der Waals surface area contributed by atoms with Gasteiger partial charge in [0.25, 0.3) is 5.91 Å². The van der Waals surface area contributed by atoms with Gasteiger partial charge in [-0.2, -0.15) is 0 Å². The standard InChI is InChI=1S/C20H32N6O2/c1-24(2)18(27)16-12-21-19(25(3)4)23-17(16)14-10-11-26(13-14)20(28)22-15-8-6-5-7-9-15/h12,14-15H,5-11,13H2,1-4H3,(H,22,28). The summed E-state index contributed by atoms with van der Waals surface area (Å²) in [5.74, 6) is 0.513. The molecule has 1 aromatic rings. The third kappa shape index (κ3) is 4.54. The Hall–Kier alpha value is -2.38. The van der Waals surface area contributed by atoms with Crippen LogP contribution in [0.3, 0.4) is 0 Å². The Morgan fingerprint density at radius 1 is 1.11 bits per heavy atom. The molecule has 1 saturated carbocycles. The highest BCUT2D eigenvalue weighted by molar-refractivity contribution is 5.95. The van der Waals surface area contributed by atoms with Crippen LogP contribution in [0.5, 0.6) is 0 Å². The molecule has 8 nitrogen and oxygen atoms in total. The van der Waals surface area contributed by atoms with Gasteiger partial charge in [0.1, 0.15) is 0 Å². The van der Waals surface area contributed by atoms with Gasteiger partial charge in [0, 0.05) is 59.4 Å². The zero-order chi connectivity index (χ0) is 20.3. The molecule has 0 radical (unpaired) electrons. The average Bonchev–Trinajstić information content (AvgIpc) is 3.18. The number of urea groups is 1. The average molecular weight is 389 g/mol. The first kappa shape index (κ1) is 20.4. The quantitative estimate of drug-likeness (QED) is 0.854. The van der Waals surface area contributed by atoms with Crippen molar-refractivity contribution in [2.24, 2.45) is 0 Å². The number of aromatic nitrogens is 2. The highest BCUT2D eigenvalue weighted by atomic mass is 16.2. The highest BCUT2D eigenvalue weighted by Gasteiger charge is 2.33. The number of anilines is 1. The van der Waals surface area contributed by atoms with Crippen molar-refractivity contribution in [3.05, 3.63) is 17.5 Å². The molecule has 0 spiro atoms. The molecular weight excluding hydrogens is 356 g/mol. The molecule has 1 aromatic heterocycles. The minimum Gasteiger partial charge on any atom is -0.347 e. The Morgan fingerprint density at radius 3 is 2.46 bits per heavy atom. The second kappa shape index (κ2) is 8.75. The second-order valence-corrected chi connectivity index (χ2v) is 8.28. The Labute approximate surface area is 167 Å². The SMILES string of the molecule is CN(C)C(=O)c1cnc(N(C)C)nc1C1CCN(C(=O)NC2CCCCC2)C1. The number of carbonyl (C=O) groups is 2. The first-order valence-corrected chi connectivity index (χ1v) is 10.2. The molecule has 3 amide bonds. The molecule has 28 heavy (non-hydrogen) atoms. The lowest BCUT2D eigenvalue weighted by Gasteiger charge is -2.26. The monoisotopic (exact) mass is 388 g/mol. The number of carbonyl (C=O) groups excluding carboxylic acids is 2. The summed E-state index contributed by atoms with van der Waals surface area (Å²) in [6, 6.07) is 0.308. The Morgan fingerprint density at radius 2 is 1.82 bits per heavy atom. The van der Waals surface area contributed by atoms with Gasteiger partial charge in [-0.3, -0.25) is 4.79 Å². The summed E-state index contributed by atoms with van der Waals surface area (Å²) in [6.07, 6.45) is 8.21. The van der Waals surface area contributed by atoms with Gasteiger partial charge in [-0.25, -0.2) is 14.8 Å². The Balaban J connectivity index is 1.74. The fourth-order valence-electron chi connectivity index (χ4n) is 4.00. The maximum Gasteiger partial charge on any atom is 0.317 e. The summed E-state index contributed by atoms with van der Waals surface area (Å²) >= 11 is 0. The van der Waals surface area contributed by atoms with Gasteiger partial charge in [-0.1, -0.05) is 19.3 Å². The molecule has 1 N–H and O–H groups in total. The predicted molar refractivity (Wildman–Crippen MR) is 109 cm³/mol. The highest BCUT2D eigenvalue weighted by Crippen LogP contribution is 2.30. The zero-order valence-corrected chi connectivity index (χ0v) is 17.4. The van der Waals surface area contributed by atoms with E-state index in [0.717, 1.165) is 25.0 Å². The van der Waals surface area contributed by atoms with Crippen LogP contribution < -0.4 is 10.2 Å². The fourth-order valence-corrected chi connectivity index (χ4v) is 4.00. The van der Waals surface area contributed by atoms with Crippen molar-refractivity contribution < 1.29 is 9.59 Å². The number of hydrogen-bond donors (Lipinski definition) is 1. The largest absolute Gasteiger partial charge is 0.347 e. The lowest BCUT2D eigenvalue weighted by molar-refractivity contribution is 0.0825. The van der Waals surface area contributed by atoms with Crippen molar-refractivity contribution in [3.8, 4) is 0 Å². The number of hydrogen-bond acceptors (Lipinski definition) is 5. The molecule has 1 unspecified atom stereocenters. The summed E-state index contributed by atoms with van der Waals surface area (Å²) in [7, 11) is 7.21. The van der Waals surface area contributed by atoms with E-state index in [9.17, 15) is 9.59 Å². The molecule has 2 aliphatic rings. The third-order valence-corrected chi connectivity index (χ3v) is 5.64. The lowest BCUT2D eigenvalue weighted by atomic mass is 9.96. The first-order chi connectivity index (χ1) is 13.4. The van der Waals surface area contributed by atoms with Crippen LogP contribution >= 0.6 is 0 Å². The van der Waals surface area contributed by atoms with Gasteiger partial charge < -0.3 is 20.0 Å². The van der Waals surface area contributed by atoms with E-state index in [4.69, 9.17) is 0 Å². The van der Waals surface area contributed by atoms with E-state index in [1.165, 1.54) is 19.3 Å². The van der Waals surface area contributed by atoms with E-state index in [1.807, 2.05) is 23.9 Å². The van der Waals surface area contributed by atoms with Crippen LogP contribution in [0.2, 0.25) is 0 Å². The van der Waals surface area contributed by atoms with Crippen molar-refractivity contribution in [1.29, 1.82) is 0 Å². The molecule has 0 bridgehead atoms. The van der Waals surface area contributed by atoms with E-state index in [0.29, 0.717) is 30.6 Å². The van der Waals surface area contributed by atoms with Crippen molar-refractivity contribution >= 4 is 17.9 Å². The zero-order valence-electron chi connectivity index (χ0n) is 17.4. The van der Waals surface area contributed by atoms with Crippen LogP contribution in [0.1, 0.15) is 60.5 Å². The molecule has 1 aliphatic carbocycles. The minimum absolute atomic E-state index is 0.0109. The molecule has 2 fully saturated rings. The van der Waals surface area contributed by atoms with E-state index in [1.54, 1.807) is 25.2 Å². The third-order valence-electron chi connectivity index (χ3n) is 5.64. The second-order valence-electron chi connectivity index (χ2n) is 8.28. The van der Waals surface area contributed by atoms with Gasteiger partial charge in [0.05, 0.1) is 11.3 Å². The number of likely N-dealkylation sites (tertiary alicyclic amines) is 1. The molecule has 8 heteroatoms. The normalized spacial score (nSPS) is 20.1. The number of nitrogens with one attached hydrogen (secondary N) is 1. The molecule has 154 valence electrons. The molecule has 2 heterocycles. The van der Waals surface area contributed by atoms with Crippen molar-refractivity contribution in [3.63, 3.8) is 0 Å². The smallest absolute Gasteiger partial charge is 0.317 e. The van der Waals surface area contributed by atoms with Gasteiger partial charge >= 0.3 is 6.03 Å². The minimum atomic E-state index is -0.106. The fraction of sp³-hybridized carbons (Fsp3) is 0.700. The maximum absolute atomic E-state index is 12.7. The Bertz CT molecular complexity index is 715. The molecule has 1 atom stereocenters. The molecular formula is C20H32N6O2.